The van der Waals surface area contributed by atoms with Gasteiger partial charge in [0.05, 0.1) is 0 Å². The molecule has 1 amide bonds. The van der Waals surface area contributed by atoms with Gasteiger partial charge in [-0.05, 0) is 30.5 Å². The molecule has 1 N–H and O–H groups in total. The van der Waals surface area contributed by atoms with E-state index in [1.165, 1.54) is 23.3 Å². The molecule has 0 atom stereocenters. The van der Waals surface area contributed by atoms with Crippen LogP contribution in [0.25, 0.3) is 0 Å². The van der Waals surface area contributed by atoms with E-state index < -0.39 is 0 Å². The van der Waals surface area contributed by atoms with Crippen LogP contribution in [0.5, 0.6) is 0 Å². The summed E-state index contributed by atoms with van der Waals surface area (Å²) in [4.78, 5) is 12.2. The normalized spacial score (nSPS) is 15.5. The quantitative estimate of drug-likeness (QED) is 0.596. The van der Waals surface area contributed by atoms with E-state index in [-0.39, 0.29) is 11.8 Å². The van der Waals surface area contributed by atoms with Crippen LogP contribution in [-0.2, 0) is 10.5 Å². The number of hydrogen-bond donors (Lipinski definition) is 1. The number of nitrogens with zero attached hydrogens (tertiary/aromatic N) is 2. The summed E-state index contributed by atoms with van der Waals surface area (Å²) in [5.41, 5.74) is 1.18. The third kappa shape index (κ3) is 4.93. The minimum absolute atomic E-state index is 0.0927. The number of carbonyl (C=O) groups excluding carboxylic acids is 1. The molecule has 23 heavy (non-hydrogen) atoms. The van der Waals surface area contributed by atoms with Gasteiger partial charge in [-0.1, -0.05) is 66.1 Å². The van der Waals surface area contributed by atoms with Crippen LogP contribution in [0.15, 0.2) is 28.6 Å². The Morgan fingerprint density at radius 1 is 1.22 bits per heavy atom. The van der Waals surface area contributed by atoms with Gasteiger partial charge in [0.25, 0.3) is 0 Å². The number of hydrogen-bond acceptors (Lipinski definition) is 5. The predicted octanol–water partition coefficient (Wildman–Crippen LogP) is 5.00. The van der Waals surface area contributed by atoms with Crippen molar-refractivity contribution >= 4 is 45.7 Å². The number of nitrogens with one attached hydrogen (secondary N) is 1. The van der Waals surface area contributed by atoms with Crippen LogP contribution >= 0.6 is 34.7 Å². The maximum absolute atomic E-state index is 12.2. The summed E-state index contributed by atoms with van der Waals surface area (Å²) in [7, 11) is 0. The Hall–Kier alpha value is -1.11. The molecule has 0 aliphatic heterocycles. The highest BCUT2D eigenvalue weighted by molar-refractivity contribution is 8.00. The molecule has 0 saturated heterocycles. The molecule has 1 saturated carbocycles. The molecular formula is C16H18ClN3OS2. The SMILES string of the molecule is O=C(Nc1nnc(SCc2ccc(Cl)cc2)s1)C1CCCCC1. The summed E-state index contributed by atoms with van der Waals surface area (Å²) in [6.45, 7) is 0. The molecule has 1 aromatic heterocycles. The summed E-state index contributed by atoms with van der Waals surface area (Å²) in [5.74, 6) is 1.04. The number of benzene rings is 1. The van der Waals surface area contributed by atoms with Gasteiger partial charge in [-0.3, -0.25) is 4.79 Å². The van der Waals surface area contributed by atoms with E-state index in [0.717, 1.165) is 40.8 Å². The molecule has 1 aliphatic rings. The van der Waals surface area contributed by atoms with Gasteiger partial charge in [0.15, 0.2) is 4.34 Å². The first-order chi connectivity index (χ1) is 11.2. The molecule has 1 heterocycles. The van der Waals surface area contributed by atoms with Crippen molar-refractivity contribution in [2.45, 2.75) is 42.2 Å². The molecule has 0 bridgehead atoms. The molecule has 2 aromatic rings. The summed E-state index contributed by atoms with van der Waals surface area (Å²) in [6.07, 6.45) is 5.52. The van der Waals surface area contributed by atoms with E-state index in [1.54, 1.807) is 11.8 Å². The van der Waals surface area contributed by atoms with Crippen molar-refractivity contribution in [3.05, 3.63) is 34.9 Å². The summed E-state index contributed by atoms with van der Waals surface area (Å²) >= 11 is 8.92. The molecule has 1 fully saturated rings. The van der Waals surface area contributed by atoms with Crippen molar-refractivity contribution in [1.29, 1.82) is 0 Å². The van der Waals surface area contributed by atoms with E-state index in [9.17, 15) is 4.79 Å². The third-order valence-corrected chi connectivity index (χ3v) is 6.18. The lowest BCUT2D eigenvalue weighted by atomic mass is 9.89. The van der Waals surface area contributed by atoms with E-state index >= 15 is 0 Å². The van der Waals surface area contributed by atoms with Crippen LogP contribution in [-0.4, -0.2) is 16.1 Å². The van der Waals surface area contributed by atoms with Gasteiger partial charge in [0.1, 0.15) is 0 Å². The van der Waals surface area contributed by atoms with Crippen LogP contribution in [0, 0.1) is 5.92 Å². The Morgan fingerprint density at radius 2 is 1.96 bits per heavy atom. The lowest BCUT2D eigenvalue weighted by Gasteiger charge is -2.19. The second kappa shape index (κ2) is 8.13. The second-order valence-electron chi connectivity index (χ2n) is 5.61. The molecule has 1 aliphatic carbocycles. The highest BCUT2D eigenvalue weighted by Crippen LogP contribution is 2.30. The zero-order valence-corrected chi connectivity index (χ0v) is 15.0. The van der Waals surface area contributed by atoms with Gasteiger partial charge in [0.2, 0.25) is 11.0 Å². The fraction of sp³-hybridized carbons (Fsp3) is 0.438. The number of carbonyl (C=O) groups is 1. The first-order valence-corrected chi connectivity index (χ1v) is 9.90. The lowest BCUT2D eigenvalue weighted by molar-refractivity contribution is -0.120. The number of halogens is 1. The monoisotopic (exact) mass is 367 g/mol. The van der Waals surface area contributed by atoms with Crippen LogP contribution in [0.4, 0.5) is 5.13 Å². The van der Waals surface area contributed by atoms with E-state index in [2.05, 4.69) is 15.5 Å². The Morgan fingerprint density at radius 3 is 2.70 bits per heavy atom. The molecular weight excluding hydrogens is 350 g/mol. The maximum atomic E-state index is 12.2. The highest BCUT2D eigenvalue weighted by atomic mass is 35.5. The zero-order valence-electron chi connectivity index (χ0n) is 12.6. The zero-order chi connectivity index (χ0) is 16.1. The molecule has 3 rings (SSSR count). The number of amides is 1. The van der Waals surface area contributed by atoms with Crippen molar-refractivity contribution < 1.29 is 4.79 Å². The summed E-state index contributed by atoms with van der Waals surface area (Å²) in [6, 6.07) is 7.77. The van der Waals surface area contributed by atoms with Gasteiger partial charge in [-0.15, -0.1) is 10.2 Å². The minimum Gasteiger partial charge on any atom is -0.300 e. The summed E-state index contributed by atoms with van der Waals surface area (Å²) < 4.78 is 0.860. The van der Waals surface area contributed by atoms with Crippen LogP contribution in [0.3, 0.4) is 0 Å². The Labute approximate surface area is 149 Å². The van der Waals surface area contributed by atoms with Crippen LogP contribution in [0.1, 0.15) is 37.7 Å². The lowest BCUT2D eigenvalue weighted by Crippen LogP contribution is -2.24. The Bertz CT molecular complexity index is 654. The average molecular weight is 368 g/mol. The molecule has 7 heteroatoms. The predicted molar refractivity (Wildman–Crippen MR) is 96.1 cm³/mol. The van der Waals surface area contributed by atoms with Crippen molar-refractivity contribution in [2.75, 3.05) is 5.32 Å². The van der Waals surface area contributed by atoms with Gasteiger partial charge in [-0.25, -0.2) is 0 Å². The van der Waals surface area contributed by atoms with E-state index in [1.807, 2.05) is 24.3 Å². The van der Waals surface area contributed by atoms with Crippen molar-refractivity contribution in [2.24, 2.45) is 5.92 Å². The molecule has 0 unspecified atom stereocenters. The molecule has 4 nitrogen and oxygen atoms in total. The first-order valence-electron chi connectivity index (χ1n) is 7.72. The number of anilines is 1. The van der Waals surface area contributed by atoms with Gasteiger partial charge < -0.3 is 5.32 Å². The van der Waals surface area contributed by atoms with Gasteiger partial charge in [0, 0.05) is 16.7 Å². The Balaban J connectivity index is 1.51. The van der Waals surface area contributed by atoms with E-state index in [0.29, 0.717) is 5.13 Å². The standard InChI is InChI=1S/C16H18ClN3OS2/c17-13-8-6-11(7-9-13)10-22-16-20-19-15(23-16)18-14(21)12-4-2-1-3-5-12/h6-9,12H,1-5,10H2,(H,18,19,21). The van der Waals surface area contributed by atoms with Crippen molar-refractivity contribution in [3.63, 3.8) is 0 Å². The van der Waals surface area contributed by atoms with Gasteiger partial charge >= 0.3 is 0 Å². The molecule has 0 spiro atoms. The fourth-order valence-electron chi connectivity index (χ4n) is 2.62. The van der Waals surface area contributed by atoms with Crippen LogP contribution in [0.2, 0.25) is 5.02 Å². The summed E-state index contributed by atoms with van der Waals surface area (Å²) in [5, 5.41) is 12.5. The topological polar surface area (TPSA) is 54.9 Å². The highest BCUT2D eigenvalue weighted by Gasteiger charge is 2.22. The van der Waals surface area contributed by atoms with E-state index in [4.69, 9.17) is 11.6 Å². The van der Waals surface area contributed by atoms with Crippen molar-refractivity contribution in [1.82, 2.24) is 10.2 Å². The van der Waals surface area contributed by atoms with Gasteiger partial charge in [-0.2, -0.15) is 0 Å². The fourth-order valence-corrected chi connectivity index (χ4v) is 4.45. The largest absolute Gasteiger partial charge is 0.300 e. The van der Waals surface area contributed by atoms with Crippen molar-refractivity contribution in [3.8, 4) is 0 Å². The molecule has 1 aromatic carbocycles. The minimum atomic E-state index is 0.0927. The smallest absolute Gasteiger partial charge is 0.229 e. The molecule has 0 radical (unpaired) electrons. The third-order valence-electron chi connectivity index (χ3n) is 3.89. The van der Waals surface area contributed by atoms with Crippen LogP contribution < -0.4 is 5.32 Å². The average Bonchev–Trinajstić information content (AvgIpc) is 3.02. The molecule has 122 valence electrons. The first kappa shape index (κ1) is 16.7. The maximum Gasteiger partial charge on any atom is 0.229 e. The second-order valence-corrected chi connectivity index (χ2v) is 8.25. The number of thioether (sulfide) groups is 1. The number of aromatic nitrogens is 2. The number of rotatable bonds is 5. The Kier molecular flexibility index (Phi) is 5.91.